The molecular formula is C41H24N2O. The van der Waals surface area contributed by atoms with Crippen molar-refractivity contribution in [2.45, 2.75) is 0 Å². The van der Waals surface area contributed by atoms with Gasteiger partial charge in [0.15, 0.2) is 5.58 Å². The summed E-state index contributed by atoms with van der Waals surface area (Å²) in [6.45, 7) is 0. The van der Waals surface area contributed by atoms with E-state index in [2.05, 4.69) is 144 Å². The molecule has 204 valence electrons. The van der Waals surface area contributed by atoms with E-state index in [0.29, 0.717) is 0 Å². The summed E-state index contributed by atoms with van der Waals surface area (Å²) in [7, 11) is 0. The first-order chi connectivity index (χ1) is 21.8. The van der Waals surface area contributed by atoms with E-state index in [-0.39, 0.29) is 0 Å². The van der Waals surface area contributed by atoms with E-state index in [1.54, 1.807) is 0 Å². The Bertz CT molecular complexity index is 2770. The molecule has 0 N–H and O–H groups in total. The molecule has 0 aliphatic heterocycles. The number of aromatic nitrogens is 2. The molecule has 10 rings (SSSR count). The Morgan fingerprint density at radius 1 is 0.455 bits per heavy atom. The molecule has 3 heterocycles. The van der Waals surface area contributed by atoms with E-state index in [0.717, 1.165) is 38.9 Å². The zero-order valence-corrected chi connectivity index (χ0v) is 23.7. The number of para-hydroxylation sites is 2. The topological polar surface area (TPSA) is 31.0 Å². The van der Waals surface area contributed by atoms with Crippen LogP contribution in [-0.4, -0.2) is 9.55 Å². The minimum absolute atomic E-state index is 0.817. The van der Waals surface area contributed by atoms with Gasteiger partial charge in [0.05, 0.1) is 11.0 Å². The molecule has 0 fully saturated rings. The van der Waals surface area contributed by atoms with Crippen molar-refractivity contribution in [2.75, 3.05) is 0 Å². The second-order valence-electron chi connectivity index (χ2n) is 11.5. The van der Waals surface area contributed by atoms with Crippen LogP contribution in [0.4, 0.5) is 0 Å². The van der Waals surface area contributed by atoms with E-state index >= 15 is 0 Å². The molecule has 7 aromatic carbocycles. The molecule has 3 heteroatoms. The van der Waals surface area contributed by atoms with Crippen molar-refractivity contribution in [3.8, 4) is 16.8 Å². The highest BCUT2D eigenvalue weighted by molar-refractivity contribution is 6.28. The maximum absolute atomic E-state index is 6.71. The van der Waals surface area contributed by atoms with Crippen LogP contribution in [-0.2, 0) is 0 Å². The summed E-state index contributed by atoms with van der Waals surface area (Å²) in [5, 5.41) is 10.9. The molecule has 0 radical (unpaired) electrons. The van der Waals surface area contributed by atoms with Gasteiger partial charge in [0.2, 0.25) is 0 Å². The summed E-state index contributed by atoms with van der Waals surface area (Å²) >= 11 is 0. The number of benzene rings is 7. The summed E-state index contributed by atoms with van der Waals surface area (Å²) in [6, 6.07) is 49.9. The summed E-state index contributed by atoms with van der Waals surface area (Å²) in [4.78, 5) is 4.86. The van der Waals surface area contributed by atoms with Gasteiger partial charge < -0.3 is 8.98 Å². The highest BCUT2D eigenvalue weighted by atomic mass is 16.3. The number of nitrogens with zero attached hydrogens (tertiary/aromatic N) is 2. The van der Waals surface area contributed by atoms with Crippen LogP contribution >= 0.6 is 0 Å². The Labute approximate surface area is 252 Å². The molecule has 3 aromatic heterocycles. The molecule has 0 unspecified atom stereocenters. The molecule has 10 aromatic rings. The first-order valence-corrected chi connectivity index (χ1v) is 15.0. The Kier molecular flexibility index (Phi) is 4.72. The molecule has 3 nitrogen and oxygen atoms in total. The number of hydrogen-bond acceptors (Lipinski definition) is 2. The lowest BCUT2D eigenvalue weighted by molar-refractivity contribution is 0.670. The lowest BCUT2D eigenvalue weighted by Gasteiger charge is -2.10. The van der Waals surface area contributed by atoms with Crippen molar-refractivity contribution in [1.82, 2.24) is 9.55 Å². The van der Waals surface area contributed by atoms with Gasteiger partial charge in [-0.15, -0.1) is 0 Å². The Morgan fingerprint density at radius 3 is 1.82 bits per heavy atom. The molecule has 0 aliphatic rings. The number of pyridine rings is 1. The number of rotatable bonds is 2. The Hall–Kier alpha value is -5.93. The molecule has 0 atom stereocenters. The minimum Gasteiger partial charge on any atom is -0.454 e. The van der Waals surface area contributed by atoms with Gasteiger partial charge in [0.1, 0.15) is 11.1 Å². The average molecular weight is 561 g/mol. The predicted octanol–water partition coefficient (Wildman–Crippen LogP) is 11.2. The third-order valence-corrected chi connectivity index (χ3v) is 9.21. The quantitative estimate of drug-likeness (QED) is 0.197. The van der Waals surface area contributed by atoms with Crippen LogP contribution in [0.5, 0.6) is 0 Å². The lowest BCUT2D eigenvalue weighted by atomic mass is 9.93. The first kappa shape index (κ1) is 23.6. The molecular weight excluding hydrogens is 536 g/mol. The van der Waals surface area contributed by atoms with Crippen LogP contribution in [0.1, 0.15) is 0 Å². The molecule has 0 bridgehead atoms. The van der Waals surface area contributed by atoms with Gasteiger partial charge in [-0.3, -0.25) is 4.98 Å². The van der Waals surface area contributed by atoms with E-state index in [9.17, 15) is 0 Å². The van der Waals surface area contributed by atoms with Crippen molar-refractivity contribution in [3.63, 3.8) is 0 Å². The fourth-order valence-corrected chi connectivity index (χ4v) is 7.28. The average Bonchev–Trinajstić information content (AvgIpc) is 3.63. The SMILES string of the molecule is c1ccc(-n2c3ccccc3c3cc(-c4ccnc5c4oc4cc6c7ccccc7c7ccccc7c6cc45)ccc32)cc1. The van der Waals surface area contributed by atoms with Crippen molar-refractivity contribution >= 4 is 76.2 Å². The first-order valence-electron chi connectivity index (χ1n) is 15.0. The molecule has 44 heavy (non-hydrogen) atoms. The zero-order chi connectivity index (χ0) is 28.8. The van der Waals surface area contributed by atoms with Crippen molar-refractivity contribution in [1.29, 1.82) is 0 Å². The van der Waals surface area contributed by atoms with E-state index in [1.807, 2.05) is 6.20 Å². The highest BCUT2D eigenvalue weighted by Gasteiger charge is 2.18. The van der Waals surface area contributed by atoms with E-state index < -0.39 is 0 Å². The predicted molar refractivity (Wildman–Crippen MR) is 184 cm³/mol. The Morgan fingerprint density at radius 2 is 1.07 bits per heavy atom. The van der Waals surface area contributed by atoms with Crippen molar-refractivity contribution < 1.29 is 4.42 Å². The number of fused-ring (bicyclic) bond motifs is 12. The van der Waals surface area contributed by atoms with Gasteiger partial charge in [0.25, 0.3) is 0 Å². The fourth-order valence-electron chi connectivity index (χ4n) is 7.28. The number of furan rings is 1. The largest absolute Gasteiger partial charge is 0.454 e. The summed E-state index contributed by atoms with van der Waals surface area (Å²) in [5.74, 6) is 0. The van der Waals surface area contributed by atoms with Crippen molar-refractivity contribution in [3.05, 3.63) is 146 Å². The molecule has 0 spiro atoms. The maximum atomic E-state index is 6.71. The second kappa shape index (κ2) is 8.79. The summed E-state index contributed by atoms with van der Waals surface area (Å²) in [6.07, 6.45) is 1.91. The van der Waals surface area contributed by atoms with Gasteiger partial charge in [-0.2, -0.15) is 0 Å². The van der Waals surface area contributed by atoms with Crippen LogP contribution in [0, 0.1) is 0 Å². The number of hydrogen-bond donors (Lipinski definition) is 0. The van der Waals surface area contributed by atoms with E-state index in [4.69, 9.17) is 9.40 Å². The smallest absolute Gasteiger partial charge is 0.161 e. The monoisotopic (exact) mass is 560 g/mol. The fraction of sp³-hybridized carbons (Fsp3) is 0. The molecule has 0 saturated heterocycles. The summed E-state index contributed by atoms with van der Waals surface area (Å²) < 4.78 is 9.06. The van der Waals surface area contributed by atoms with Crippen LogP contribution in [0.2, 0.25) is 0 Å². The lowest BCUT2D eigenvalue weighted by Crippen LogP contribution is -1.92. The van der Waals surface area contributed by atoms with Gasteiger partial charge in [-0.05, 0) is 86.4 Å². The van der Waals surface area contributed by atoms with Gasteiger partial charge in [-0.1, -0.05) is 91.0 Å². The standard InChI is InChI=1S/C41H24N2O/c1-2-10-26(11-3-1)43-37-17-9-8-16-32(37)35-22-25(18-19-38(35)43)27-20-21-42-40-36-23-33-30-14-6-4-12-28(30)29-13-5-7-15-31(29)34(33)24-39(36)44-41(27)40/h1-24H. The van der Waals surface area contributed by atoms with E-state index in [1.165, 1.54) is 54.1 Å². The van der Waals surface area contributed by atoms with Crippen molar-refractivity contribution in [2.24, 2.45) is 0 Å². The van der Waals surface area contributed by atoms with Crippen LogP contribution in [0.15, 0.2) is 150 Å². The van der Waals surface area contributed by atoms with Crippen LogP contribution in [0.25, 0.3) is 93.0 Å². The molecule has 0 amide bonds. The highest BCUT2D eigenvalue weighted by Crippen LogP contribution is 2.42. The van der Waals surface area contributed by atoms with Gasteiger partial charge in [-0.25, -0.2) is 0 Å². The third kappa shape index (κ3) is 3.18. The maximum Gasteiger partial charge on any atom is 0.161 e. The van der Waals surface area contributed by atoms with Crippen LogP contribution in [0.3, 0.4) is 0 Å². The molecule has 0 saturated carbocycles. The van der Waals surface area contributed by atoms with Crippen LogP contribution < -0.4 is 0 Å². The third-order valence-electron chi connectivity index (χ3n) is 9.21. The minimum atomic E-state index is 0.817. The molecule has 0 aliphatic carbocycles. The zero-order valence-electron chi connectivity index (χ0n) is 23.7. The summed E-state index contributed by atoms with van der Waals surface area (Å²) in [5.41, 5.74) is 8.25. The normalized spacial score (nSPS) is 12.1. The van der Waals surface area contributed by atoms with Gasteiger partial charge >= 0.3 is 0 Å². The second-order valence-corrected chi connectivity index (χ2v) is 11.5. The Balaban J connectivity index is 1.25. The van der Waals surface area contributed by atoms with Gasteiger partial charge in [0, 0.05) is 33.6 Å².